The van der Waals surface area contributed by atoms with E-state index < -0.39 is 4.92 Å². The number of carbonyl (C=O) groups is 1. The Kier molecular flexibility index (Phi) is 6.35. The zero-order chi connectivity index (χ0) is 24.4. The minimum atomic E-state index is -0.478. The molecule has 174 valence electrons. The third kappa shape index (κ3) is 4.68. The zero-order valence-corrected chi connectivity index (χ0v) is 20.0. The van der Waals surface area contributed by atoms with Crippen molar-refractivity contribution in [2.75, 3.05) is 11.5 Å². The number of benzene rings is 3. The highest BCUT2D eigenvalue weighted by Crippen LogP contribution is 2.37. The highest BCUT2D eigenvalue weighted by molar-refractivity contribution is 8.27. The number of ether oxygens (including phenoxy) is 1. The van der Waals surface area contributed by atoms with Gasteiger partial charge in [0.2, 0.25) is 0 Å². The number of nitro benzene ring substituents is 1. The number of fused-ring (bicyclic) bond motifs is 1. The molecule has 35 heavy (non-hydrogen) atoms. The zero-order valence-electron chi connectivity index (χ0n) is 18.4. The molecule has 1 amide bonds. The van der Waals surface area contributed by atoms with Gasteiger partial charge in [-0.1, -0.05) is 60.4 Å². The van der Waals surface area contributed by atoms with Gasteiger partial charge >= 0.3 is 0 Å². The molecule has 1 saturated heterocycles. The van der Waals surface area contributed by atoms with Crippen LogP contribution < -0.4 is 9.64 Å². The van der Waals surface area contributed by atoms with Gasteiger partial charge in [-0.05, 0) is 36.4 Å². The van der Waals surface area contributed by atoms with E-state index in [1.807, 2.05) is 66.9 Å². The first-order valence-electron chi connectivity index (χ1n) is 10.8. The smallest absolute Gasteiger partial charge is 0.270 e. The van der Waals surface area contributed by atoms with Crippen LogP contribution in [0.5, 0.6) is 5.75 Å². The third-order valence-corrected chi connectivity index (χ3v) is 6.86. The van der Waals surface area contributed by atoms with Gasteiger partial charge in [-0.15, -0.1) is 0 Å². The number of thioether (sulfide) groups is 1. The van der Waals surface area contributed by atoms with Gasteiger partial charge in [-0.25, -0.2) is 0 Å². The molecule has 7 nitrogen and oxygen atoms in total. The Balaban J connectivity index is 1.40. The van der Waals surface area contributed by atoms with Crippen LogP contribution >= 0.6 is 24.0 Å². The van der Waals surface area contributed by atoms with Gasteiger partial charge in [-0.2, -0.15) is 0 Å². The lowest BCUT2D eigenvalue weighted by Gasteiger charge is -2.13. The summed E-state index contributed by atoms with van der Waals surface area (Å²) in [6.45, 7) is 1.15. The van der Waals surface area contributed by atoms with E-state index in [-0.39, 0.29) is 11.6 Å². The highest BCUT2D eigenvalue weighted by atomic mass is 32.2. The quantitative estimate of drug-likeness (QED) is 0.133. The molecule has 2 heterocycles. The first-order valence-corrected chi connectivity index (χ1v) is 12.0. The minimum absolute atomic E-state index is 0.0428. The van der Waals surface area contributed by atoms with Crippen molar-refractivity contribution < 1.29 is 14.5 Å². The Morgan fingerprint density at radius 1 is 1.00 bits per heavy atom. The lowest BCUT2D eigenvalue weighted by Crippen LogP contribution is -2.27. The van der Waals surface area contributed by atoms with Crippen molar-refractivity contribution in [3.63, 3.8) is 0 Å². The van der Waals surface area contributed by atoms with Crippen molar-refractivity contribution in [2.24, 2.45) is 0 Å². The summed E-state index contributed by atoms with van der Waals surface area (Å²) in [5.41, 5.74) is 2.41. The van der Waals surface area contributed by atoms with E-state index in [2.05, 4.69) is 4.57 Å². The van der Waals surface area contributed by atoms with Crippen LogP contribution in [0.3, 0.4) is 0 Å². The molecular weight excluding hydrogens is 482 g/mol. The average molecular weight is 502 g/mol. The van der Waals surface area contributed by atoms with Crippen LogP contribution in [0.1, 0.15) is 5.56 Å². The lowest BCUT2D eigenvalue weighted by atomic mass is 10.1. The van der Waals surface area contributed by atoms with E-state index in [1.165, 1.54) is 40.9 Å². The molecule has 1 aromatic heterocycles. The van der Waals surface area contributed by atoms with Crippen LogP contribution in [0.4, 0.5) is 11.4 Å². The number of nitrogens with zero attached hydrogens (tertiary/aromatic N) is 3. The number of hydrogen-bond acceptors (Lipinski definition) is 6. The van der Waals surface area contributed by atoms with Crippen LogP contribution in [0.15, 0.2) is 90.0 Å². The van der Waals surface area contributed by atoms with Crippen molar-refractivity contribution >= 4 is 62.6 Å². The number of nitro groups is 1. The molecule has 0 saturated carbocycles. The predicted molar refractivity (Wildman–Crippen MR) is 143 cm³/mol. The molecule has 0 atom stereocenters. The number of non-ortho nitro benzene ring substituents is 1. The molecular formula is C26H19N3O4S2. The largest absolute Gasteiger partial charge is 0.492 e. The summed E-state index contributed by atoms with van der Waals surface area (Å²) in [6.07, 6.45) is 3.86. The number of hydrogen-bond donors (Lipinski definition) is 0. The van der Waals surface area contributed by atoms with Crippen molar-refractivity contribution in [3.05, 3.63) is 106 Å². The van der Waals surface area contributed by atoms with Crippen LogP contribution in [0.2, 0.25) is 0 Å². The molecule has 0 radical (unpaired) electrons. The fourth-order valence-electron chi connectivity index (χ4n) is 3.91. The van der Waals surface area contributed by atoms with Crippen molar-refractivity contribution in [1.82, 2.24) is 4.57 Å². The van der Waals surface area contributed by atoms with E-state index in [9.17, 15) is 14.9 Å². The second-order valence-corrected chi connectivity index (χ2v) is 9.42. The number of carbonyl (C=O) groups excluding carboxylic acids is 1. The Bertz CT molecular complexity index is 1460. The molecule has 0 spiro atoms. The minimum Gasteiger partial charge on any atom is -0.492 e. The standard InChI is InChI=1S/C26H19N3O4S2/c30-25-24(35-26(34)28(25)19-10-12-20(13-11-19)29(31)32)16-18-17-27(23-9-5-4-8-22(18)23)14-15-33-21-6-2-1-3-7-21/h1-13,16-17H,14-15H2/b24-16+. The molecule has 0 unspecified atom stereocenters. The first kappa shape index (κ1) is 22.8. The van der Waals surface area contributed by atoms with Crippen LogP contribution in [-0.2, 0) is 11.3 Å². The van der Waals surface area contributed by atoms with Gasteiger partial charge in [0, 0.05) is 34.8 Å². The molecule has 0 bridgehead atoms. The van der Waals surface area contributed by atoms with Crippen molar-refractivity contribution in [3.8, 4) is 5.75 Å². The SMILES string of the molecule is O=C1/C(=C\c2cn(CCOc3ccccc3)c3ccccc23)SC(=S)N1c1ccc([N+](=O)[O-])cc1. The maximum atomic E-state index is 13.2. The van der Waals surface area contributed by atoms with Crippen LogP contribution in [-0.4, -0.2) is 26.3 Å². The molecule has 3 aromatic carbocycles. The number of rotatable bonds is 7. The summed E-state index contributed by atoms with van der Waals surface area (Å²) in [7, 11) is 0. The molecule has 5 rings (SSSR count). The molecule has 9 heteroatoms. The van der Waals surface area contributed by atoms with Crippen molar-refractivity contribution in [1.29, 1.82) is 0 Å². The fraction of sp³-hybridized carbons (Fsp3) is 0.0769. The average Bonchev–Trinajstić information content (AvgIpc) is 3.36. The van der Waals surface area contributed by atoms with E-state index in [0.29, 0.717) is 28.1 Å². The van der Waals surface area contributed by atoms with Crippen LogP contribution in [0, 0.1) is 10.1 Å². The number of anilines is 1. The second kappa shape index (κ2) is 9.73. The summed E-state index contributed by atoms with van der Waals surface area (Å²) in [6, 6.07) is 23.5. The molecule has 1 fully saturated rings. The molecule has 4 aromatic rings. The summed E-state index contributed by atoms with van der Waals surface area (Å²) in [4.78, 5) is 25.6. The maximum Gasteiger partial charge on any atom is 0.270 e. The normalized spacial score (nSPS) is 14.7. The topological polar surface area (TPSA) is 77.6 Å². The summed E-state index contributed by atoms with van der Waals surface area (Å²) >= 11 is 6.67. The molecule has 0 N–H and O–H groups in total. The number of para-hydroxylation sites is 2. The van der Waals surface area contributed by atoms with Gasteiger partial charge in [0.05, 0.1) is 22.1 Å². The van der Waals surface area contributed by atoms with Gasteiger partial charge in [0.1, 0.15) is 12.4 Å². The number of amides is 1. The van der Waals surface area contributed by atoms with Gasteiger partial charge < -0.3 is 9.30 Å². The Morgan fingerprint density at radius 3 is 2.46 bits per heavy atom. The Hall–Kier alpha value is -3.95. The first-order chi connectivity index (χ1) is 17.0. The Labute approximate surface area is 210 Å². The van der Waals surface area contributed by atoms with Gasteiger partial charge in [0.15, 0.2) is 4.32 Å². The summed E-state index contributed by atoms with van der Waals surface area (Å²) in [5.74, 6) is 0.567. The van der Waals surface area contributed by atoms with E-state index in [1.54, 1.807) is 0 Å². The molecule has 0 aliphatic carbocycles. The van der Waals surface area contributed by atoms with Gasteiger partial charge in [-0.3, -0.25) is 19.8 Å². The van der Waals surface area contributed by atoms with Crippen LogP contribution in [0.25, 0.3) is 17.0 Å². The Morgan fingerprint density at radius 2 is 1.71 bits per heavy atom. The van der Waals surface area contributed by atoms with Crippen molar-refractivity contribution in [2.45, 2.75) is 6.54 Å². The monoisotopic (exact) mass is 501 g/mol. The second-order valence-electron chi connectivity index (χ2n) is 7.75. The molecule has 1 aliphatic heterocycles. The lowest BCUT2D eigenvalue weighted by molar-refractivity contribution is -0.384. The fourth-order valence-corrected chi connectivity index (χ4v) is 5.20. The van der Waals surface area contributed by atoms with E-state index >= 15 is 0 Å². The molecule has 1 aliphatic rings. The number of aromatic nitrogens is 1. The summed E-state index contributed by atoms with van der Waals surface area (Å²) < 4.78 is 8.36. The van der Waals surface area contributed by atoms with E-state index in [0.717, 1.165) is 22.2 Å². The third-order valence-electron chi connectivity index (χ3n) is 5.56. The highest BCUT2D eigenvalue weighted by Gasteiger charge is 2.33. The van der Waals surface area contributed by atoms with E-state index in [4.69, 9.17) is 17.0 Å². The predicted octanol–water partition coefficient (Wildman–Crippen LogP) is 6.03. The summed E-state index contributed by atoms with van der Waals surface area (Å²) in [5, 5.41) is 12.0. The van der Waals surface area contributed by atoms with Gasteiger partial charge in [0.25, 0.3) is 11.6 Å². The number of thiocarbonyl (C=S) groups is 1. The maximum absolute atomic E-state index is 13.2.